The highest BCUT2D eigenvalue weighted by Crippen LogP contribution is 2.38. The fourth-order valence-electron chi connectivity index (χ4n) is 3.79. The lowest BCUT2D eigenvalue weighted by Gasteiger charge is -2.28. The molecule has 0 spiro atoms. The molecule has 2 aromatic heterocycles. The van der Waals surface area contributed by atoms with Gasteiger partial charge in [-0.1, -0.05) is 6.92 Å². The Kier molecular flexibility index (Phi) is 4.92. The van der Waals surface area contributed by atoms with Crippen molar-refractivity contribution in [2.75, 3.05) is 13.1 Å². The van der Waals surface area contributed by atoms with Gasteiger partial charge in [-0.2, -0.15) is 0 Å². The highest BCUT2D eigenvalue weighted by Gasteiger charge is 2.25. The molecule has 1 aliphatic rings. The minimum absolute atomic E-state index is 0.222. The summed E-state index contributed by atoms with van der Waals surface area (Å²) in [6.45, 7) is 4.36. The molecule has 1 saturated heterocycles. The van der Waals surface area contributed by atoms with Crippen LogP contribution in [0.5, 0.6) is 0 Å². The number of hydrogen-bond donors (Lipinski definition) is 2. The summed E-state index contributed by atoms with van der Waals surface area (Å²) in [4.78, 5) is 7.89. The van der Waals surface area contributed by atoms with E-state index in [0.29, 0.717) is 11.8 Å². The summed E-state index contributed by atoms with van der Waals surface area (Å²) >= 11 is 3.46. The largest absolute Gasteiger partial charge is 0.358 e. The molecule has 0 unspecified atom stereocenters. The number of nitrogens with zero attached hydrogens (tertiary/aromatic N) is 1. The Morgan fingerprint density at radius 3 is 2.65 bits per heavy atom. The molecule has 5 heteroatoms. The summed E-state index contributed by atoms with van der Waals surface area (Å²) in [6.07, 6.45) is 2.91. The molecule has 26 heavy (non-hydrogen) atoms. The summed E-state index contributed by atoms with van der Waals surface area (Å²) in [5.74, 6) is 0.843. The fourth-order valence-corrected chi connectivity index (χ4v) is 4.16. The van der Waals surface area contributed by atoms with Gasteiger partial charge >= 0.3 is 0 Å². The van der Waals surface area contributed by atoms with Crippen molar-refractivity contribution in [3.05, 3.63) is 64.8 Å². The predicted octanol–water partition coefficient (Wildman–Crippen LogP) is 5.36. The number of nitrogens with one attached hydrogen (secondary N) is 2. The Balaban J connectivity index is 1.83. The highest BCUT2D eigenvalue weighted by atomic mass is 79.9. The maximum absolute atomic E-state index is 13.4. The van der Waals surface area contributed by atoms with Gasteiger partial charge in [-0.05, 0) is 94.9 Å². The first-order chi connectivity index (χ1) is 12.6. The van der Waals surface area contributed by atoms with Crippen LogP contribution in [-0.2, 0) is 0 Å². The number of pyridine rings is 1. The third kappa shape index (κ3) is 3.46. The van der Waals surface area contributed by atoms with Gasteiger partial charge in [0.1, 0.15) is 10.4 Å². The van der Waals surface area contributed by atoms with E-state index in [2.05, 4.69) is 44.2 Å². The lowest BCUT2D eigenvalue weighted by molar-refractivity contribution is 0.345. The Hall–Kier alpha value is -1.98. The van der Waals surface area contributed by atoms with Crippen LogP contribution in [0.1, 0.15) is 25.0 Å². The van der Waals surface area contributed by atoms with Crippen LogP contribution in [0.15, 0.2) is 53.3 Å². The third-order valence-corrected chi connectivity index (χ3v) is 5.63. The molecule has 0 saturated carbocycles. The Morgan fingerprint density at radius 2 is 1.92 bits per heavy atom. The van der Waals surface area contributed by atoms with Gasteiger partial charge in [-0.25, -0.2) is 9.37 Å². The number of aromatic nitrogens is 2. The molecule has 0 amide bonds. The van der Waals surface area contributed by atoms with Gasteiger partial charge < -0.3 is 10.3 Å². The minimum atomic E-state index is -0.222. The van der Waals surface area contributed by atoms with E-state index >= 15 is 0 Å². The molecule has 2 N–H and O–H groups in total. The number of aromatic amines is 1. The molecule has 1 aliphatic heterocycles. The zero-order valence-corrected chi connectivity index (χ0v) is 16.2. The minimum Gasteiger partial charge on any atom is -0.358 e. The van der Waals surface area contributed by atoms with Crippen molar-refractivity contribution in [1.29, 1.82) is 0 Å². The van der Waals surface area contributed by atoms with Crippen molar-refractivity contribution < 1.29 is 4.39 Å². The summed E-state index contributed by atoms with van der Waals surface area (Å²) < 4.78 is 14.2. The van der Waals surface area contributed by atoms with Crippen molar-refractivity contribution in [3.63, 3.8) is 0 Å². The van der Waals surface area contributed by atoms with Gasteiger partial charge in [-0.15, -0.1) is 0 Å². The Labute approximate surface area is 161 Å². The number of hydrogen-bond acceptors (Lipinski definition) is 2. The normalized spacial score (nSPS) is 20.3. The van der Waals surface area contributed by atoms with E-state index in [1.807, 2.05) is 24.3 Å². The maximum Gasteiger partial charge on any atom is 0.123 e. The fraction of sp³-hybridized carbons (Fsp3) is 0.286. The quantitative estimate of drug-likeness (QED) is 0.567. The summed E-state index contributed by atoms with van der Waals surface area (Å²) in [7, 11) is 0. The molecule has 3 aromatic rings. The van der Waals surface area contributed by atoms with Crippen LogP contribution in [0, 0.1) is 11.7 Å². The van der Waals surface area contributed by atoms with Crippen LogP contribution in [0.2, 0.25) is 0 Å². The first-order valence-corrected chi connectivity index (χ1v) is 9.72. The van der Waals surface area contributed by atoms with Crippen LogP contribution >= 0.6 is 15.9 Å². The van der Waals surface area contributed by atoms with Crippen molar-refractivity contribution in [3.8, 4) is 22.4 Å². The number of H-pyrrole nitrogens is 1. The van der Waals surface area contributed by atoms with E-state index in [1.54, 1.807) is 6.20 Å². The third-order valence-electron chi connectivity index (χ3n) is 5.19. The zero-order chi connectivity index (χ0) is 18.1. The van der Waals surface area contributed by atoms with Gasteiger partial charge in [0.15, 0.2) is 0 Å². The number of piperidine rings is 1. The molecule has 0 radical (unpaired) electrons. The SMILES string of the molecule is C[C@@H]1CNCC[C@H]1c1cc(-c2ccnc(Br)c2)c(-c2ccc(F)cc2)[nH]1. The van der Waals surface area contributed by atoms with Gasteiger partial charge in [0.25, 0.3) is 0 Å². The first-order valence-electron chi connectivity index (χ1n) is 8.93. The van der Waals surface area contributed by atoms with Crippen molar-refractivity contribution in [1.82, 2.24) is 15.3 Å². The van der Waals surface area contributed by atoms with Gasteiger partial charge in [0.05, 0.1) is 5.69 Å². The van der Waals surface area contributed by atoms with Gasteiger partial charge in [-0.3, -0.25) is 0 Å². The van der Waals surface area contributed by atoms with Crippen molar-refractivity contribution in [2.45, 2.75) is 19.3 Å². The van der Waals surface area contributed by atoms with Crippen LogP contribution < -0.4 is 5.32 Å². The molecule has 134 valence electrons. The smallest absolute Gasteiger partial charge is 0.123 e. The van der Waals surface area contributed by atoms with Gasteiger partial charge in [0.2, 0.25) is 0 Å². The summed E-state index contributed by atoms with van der Waals surface area (Å²) in [5.41, 5.74) is 5.49. The second kappa shape index (κ2) is 7.33. The Bertz CT molecular complexity index is 904. The number of halogens is 2. The molecular formula is C21H21BrFN3. The number of rotatable bonds is 3. The van der Waals surface area contributed by atoms with E-state index in [1.165, 1.54) is 17.8 Å². The zero-order valence-electron chi connectivity index (χ0n) is 14.6. The van der Waals surface area contributed by atoms with Crippen molar-refractivity contribution >= 4 is 15.9 Å². The predicted molar refractivity (Wildman–Crippen MR) is 107 cm³/mol. The van der Waals surface area contributed by atoms with E-state index in [4.69, 9.17) is 0 Å². The summed E-state index contributed by atoms with van der Waals surface area (Å²) in [6, 6.07) is 13.0. The monoisotopic (exact) mass is 413 g/mol. The average molecular weight is 414 g/mol. The van der Waals surface area contributed by atoms with Crippen LogP contribution in [-0.4, -0.2) is 23.1 Å². The molecule has 2 atom stereocenters. The standard InChI is InChI=1S/C21H21BrFN3/c1-13-12-24-8-7-17(13)19-11-18(15-6-9-25-20(22)10-15)21(26-19)14-2-4-16(23)5-3-14/h2-6,9-11,13,17,24,26H,7-8,12H2,1H3/t13-,17-/m1/s1. The van der Waals surface area contributed by atoms with Crippen LogP contribution in [0.4, 0.5) is 4.39 Å². The molecule has 0 bridgehead atoms. The van der Waals surface area contributed by atoms with E-state index < -0.39 is 0 Å². The second-order valence-electron chi connectivity index (χ2n) is 6.96. The lowest BCUT2D eigenvalue weighted by Crippen LogP contribution is -2.33. The molecule has 0 aliphatic carbocycles. The topological polar surface area (TPSA) is 40.7 Å². The van der Waals surface area contributed by atoms with E-state index in [0.717, 1.165) is 46.5 Å². The highest BCUT2D eigenvalue weighted by molar-refractivity contribution is 9.10. The molecular weight excluding hydrogens is 393 g/mol. The van der Waals surface area contributed by atoms with E-state index in [9.17, 15) is 4.39 Å². The summed E-state index contributed by atoms with van der Waals surface area (Å²) in [5, 5.41) is 3.46. The Morgan fingerprint density at radius 1 is 1.12 bits per heavy atom. The van der Waals surface area contributed by atoms with E-state index in [-0.39, 0.29) is 5.82 Å². The number of benzene rings is 1. The van der Waals surface area contributed by atoms with Crippen molar-refractivity contribution in [2.24, 2.45) is 5.92 Å². The second-order valence-corrected chi connectivity index (χ2v) is 7.78. The average Bonchev–Trinajstić information content (AvgIpc) is 3.08. The van der Waals surface area contributed by atoms with Crippen LogP contribution in [0.25, 0.3) is 22.4 Å². The molecule has 1 aromatic carbocycles. The maximum atomic E-state index is 13.4. The van der Waals surface area contributed by atoms with Gasteiger partial charge in [0, 0.05) is 23.4 Å². The first kappa shape index (κ1) is 17.4. The molecule has 3 heterocycles. The lowest BCUT2D eigenvalue weighted by atomic mass is 9.85. The molecule has 3 nitrogen and oxygen atoms in total. The molecule has 4 rings (SSSR count). The van der Waals surface area contributed by atoms with Crippen LogP contribution in [0.3, 0.4) is 0 Å². The molecule has 1 fully saturated rings.